The number of thiazole rings is 1. The Bertz CT molecular complexity index is 1270. The number of ether oxygens (including phenoxy) is 1. The first-order valence-electron chi connectivity index (χ1n) is 10.2. The van der Waals surface area contributed by atoms with Crippen LogP contribution in [0, 0.1) is 6.92 Å². The van der Waals surface area contributed by atoms with Crippen molar-refractivity contribution in [1.29, 1.82) is 0 Å². The Morgan fingerprint density at radius 2 is 1.97 bits per heavy atom. The molecule has 0 bridgehead atoms. The predicted octanol–water partition coefficient (Wildman–Crippen LogP) is 4.34. The Labute approximate surface area is 201 Å². The van der Waals surface area contributed by atoms with Gasteiger partial charge in [-0.1, -0.05) is 35.1 Å². The number of carbonyl (C=O) groups is 1. The minimum Gasteiger partial charge on any atom is -0.378 e. The molecule has 0 radical (unpaired) electrons. The SMILES string of the molecule is Cc1cccc(Cl)c1NC(=O)c1cnc(Nc2cc(N3CCOCC3)cc(S(C)(=O)=O)c2)s1. The molecule has 1 aliphatic rings. The molecule has 33 heavy (non-hydrogen) atoms. The lowest BCUT2D eigenvalue weighted by atomic mass is 10.2. The Morgan fingerprint density at radius 1 is 1.21 bits per heavy atom. The molecule has 0 aliphatic carbocycles. The van der Waals surface area contributed by atoms with E-state index in [4.69, 9.17) is 16.3 Å². The number of sulfone groups is 1. The van der Waals surface area contributed by atoms with Gasteiger partial charge in [-0.05, 0) is 36.8 Å². The summed E-state index contributed by atoms with van der Waals surface area (Å²) in [5.41, 5.74) is 2.77. The van der Waals surface area contributed by atoms with Gasteiger partial charge < -0.3 is 20.3 Å². The summed E-state index contributed by atoms with van der Waals surface area (Å²) >= 11 is 7.37. The lowest BCUT2D eigenvalue weighted by molar-refractivity contribution is 0.103. The first-order chi connectivity index (χ1) is 15.7. The average molecular weight is 507 g/mol. The largest absolute Gasteiger partial charge is 0.378 e. The van der Waals surface area contributed by atoms with Crippen LogP contribution in [0.15, 0.2) is 47.5 Å². The Morgan fingerprint density at radius 3 is 2.67 bits per heavy atom. The summed E-state index contributed by atoms with van der Waals surface area (Å²) < 4.78 is 29.9. The normalized spacial score (nSPS) is 14.2. The van der Waals surface area contributed by atoms with E-state index in [0.29, 0.717) is 52.7 Å². The molecule has 1 amide bonds. The molecule has 4 rings (SSSR count). The summed E-state index contributed by atoms with van der Waals surface area (Å²) in [5, 5.41) is 6.89. The van der Waals surface area contributed by atoms with Crippen molar-refractivity contribution in [3.8, 4) is 0 Å². The fraction of sp³-hybridized carbons (Fsp3) is 0.273. The standard InChI is InChI=1S/C22H23ClN4O4S2/c1-14-4-3-5-18(23)20(14)26-21(28)19-13-24-22(32-19)25-15-10-16(27-6-8-31-9-7-27)12-17(11-15)33(2,29)30/h3-5,10-13H,6-9H2,1-2H3,(H,24,25)(H,26,28). The van der Waals surface area contributed by atoms with Crippen LogP contribution in [-0.4, -0.2) is 51.9 Å². The lowest BCUT2D eigenvalue weighted by Crippen LogP contribution is -2.36. The van der Waals surface area contributed by atoms with Crippen LogP contribution in [0.3, 0.4) is 0 Å². The Hall–Kier alpha value is -2.66. The molecule has 2 aromatic carbocycles. The Balaban J connectivity index is 1.56. The maximum atomic E-state index is 12.7. The third-order valence-corrected chi connectivity index (χ3v) is 7.46. The highest BCUT2D eigenvalue weighted by Gasteiger charge is 2.18. The second kappa shape index (κ2) is 9.68. The molecule has 0 atom stereocenters. The van der Waals surface area contributed by atoms with Crippen molar-refractivity contribution in [3.63, 3.8) is 0 Å². The number of hydrogen-bond donors (Lipinski definition) is 2. The summed E-state index contributed by atoms with van der Waals surface area (Å²) in [6.45, 7) is 4.39. The monoisotopic (exact) mass is 506 g/mol. The average Bonchev–Trinajstić information content (AvgIpc) is 3.25. The first kappa shape index (κ1) is 23.5. The second-order valence-electron chi connectivity index (χ2n) is 7.63. The first-order valence-corrected chi connectivity index (χ1v) is 13.3. The highest BCUT2D eigenvalue weighted by atomic mass is 35.5. The van der Waals surface area contributed by atoms with Gasteiger partial charge in [-0.3, -0.25) is 4.79 Å². The summed E-state index contributed by atoms with van der Waals surface area (Å²) in [4.78, 5) is 19.7. The number of nitrogens with one attached hydrogen (secondary N) is 2. The molecule has 0 spiro atoms. The van der Waals surface area contributed by atoms with E-state index in [1.807, 2.05) is 25.1 Å². The number of hydrogen-bond acceptors (Lipinski definition) is 8. The highest BCUT2D eigenvalue weighted by molar-refractivity contribution is 7.90. The zero-order valence-corrected chi connectivity index (χ0v) is 20.5. The van der Waals surface area contributed by atoms with E-state index in [1.165, 1.54) is 12.5 Å². The molecule has 11 heteroatoms. The molecule has 1 saturated heterocycles. The number of aromatic nitrogens is 1. The van der Waals surface area contributed by atoms with Gasteiger partial charge in [0, 0.05) is 30.7 Å². The number of para-hydroxylation sites is 1. The molecular formula is C22H23ClN4O4S2. The van der Waals surface area contributed by atoms with Crippen LogP contribution in [-0.2, 0) is 14.6 Å². The number of rotatable bonds is 6. The number of benzene rings is 2. The van der Waals surface area contributed by atoms with E-state index in [9.17, 15) is 13.2 Å². The van der Waals surface area contributed by atoms with Gasteiger partial charge in [-0.2, -0.15) is 0 Å². The molecule has 1 aliphatic heterocycles. The molecule has 2 heterocycles. The smallest absolute Gasteiger partial charge is 0.267 e. The van der Waals surface area contributed by atoms with Gasteiger partial charge in [0.25, 0.3) is 5.91 Å². The molecule has 0 saturated carbocycles. The second-order valence-corrected chi connectivity index (χ2v) is 11.1. The maximum absolute atomic E-state index is 12.7. The van der Waals surface area contributed by atoms with Gasteiger partial charge in [-0.15, -0.1) is 0 Å². The van der Waals surface area contributed by atoms with Gasteiger partial charge in [0.2, 0.25) is 0 Å². The molecule has 2 N–H and O–H groups in total. The third-order valence-electron chi connectivity index (χ3n) is 5.14. The van der Waals surface area contributed by atoms with E-state index in [0.717, 1.165) is 22.6 Å². The minimum atomic E-state index is -3.42. The van der Waals surface area contributed by atoms with E-state index in [2.05, 4.69) is 20.5 Å². The van der Waals surface area contributed by atoms with Gasteiger partial charge >= 0.3 is 0 Å². The number of halogens is 1. The summed E-state index contributed by atoms with van der Waals surface area (Å²) in [7, 11) is -3.42. The predicted molar refractivity (Wildman–Crippen MR) is 132 cm³/mol. The fourth-order valence-corrected chi connectivity index (χ4v) is 5.08. The van der Waals surface area contributed by atoms with E-state index >= 15 is 0 Å². The van der Waals surface area contributed by atoms with Crippen molar-refractivity contribution in [2.24, 2.45) is 0 Å². The van der Waals surface area contributed by atoms with Crippen LogP contribution in [0.1, 0.15) is 15.2 Å². The van der Waals surface area contributed by atoms with Crippen molar-refractivity contribution >= 4 is 60.9 Å². The molecule has 1 aromatic heterocycles. The summed E-state index contributed by atoms with van der Waals surface area (Å²) in [6, 6.07) is 10.5. The third kappa shape index (κ3) is 5.64. The number of anilines is 4. The molecule has 3 aromatic rings. The number of aryl methyl sites for hydroxylation is 1. The van der Waals surface area contributed by atoms with Crippen molar-refractivity contribution in [2.75, 3.05) is 48.1 Å². The quantitative estimate of drug-likeness (QED) is 0.512. The van der Waals surface area contributed by atoms with Crippen LogP contribution < -0.4 is 15.5 Å². The molecule has 0 unspecified atom stereocenters. The molecular weight excluding hydrogens is 484 g/mol. The number of nitrogens with zero attached hydrogens (tertiary/aromatic N) is 2. The molecule has 174 valence electrons. The van der Waals surface area contributed by atoms with Crippen molar-refractivity contribution in [2.45, 2.75) is 11.8 Å². The van der Waals surface area contributed by atoms with Crippen LogP contribution in [0.25, 0.3) is 0 Å². The van der Waals surface area contributed by atoms with E-state index in [-0.39, 0.29) is 10.8 Å². The van der Waals surface area contributed by atoms with Gasteiger partial charge in [0.05, 0.1) is 35.0 Å². The molecule has 1 fully saturated rings. The lowest BCUT2D eigenvalue weighted by Gasteiger charge is -2.29. The minimum absolute atomic E-state index is 0.206. The van der Waals surface area contributed by atoms with Gasteiger partial charge in [0.15, 0.2) is 15.0 Å². The topological polar surface area (TPSA) is 101 Å². The van der Waals surface area contributed by atoms with Gasteiger partial charge in [-0.25, -0.2) is 13.4 Å². The van der Waals surface area contributed by atoms with Crippen molar-refractivity contribution in [3.05, 3.63) is 58.1 Å². The van der Waals surface area contributed by atoms with E-state index < -0.39 is 9.84 Å². The van der Waals surface area contributed by atoms with Crippen molar-refractivity contribution < 1.29 is 17.9 Å². The number of carbonyl (C=O) groups excluding carboxylic acids is 1. The van der Waals surface area contributed by atoms with Gasteiger partial charge in [0.1, 0.15) is 4.88 Å². The van der Waals surface area contributed by atoms with E-state index in [1.54, 1.807) is 18.2 Å². The van der Waals surface area contributed by atoms with Crippen molar-refractivity contribution in [1.82, 2.24) is 4.98 Å². The summed E-state index contributed by atoms with van der Waals surface area (Å²) in [5.74, 6) is -0.323. The van der Waals surface area contributed by atoms with Crippen LogP contribution in [0.2, 0.25) is 5.02 Å². The molecule has 8 nitrogen and oxygen atoms in total. The number of morpholine rings is 1. The van der Waals surface area contributed by atoms with Crippen LogP contribution in [0.5, 0.6) is 0 Å². The highest BCUT2D eigenvalue weighted by Crippen LogP contribution is 2.31. The zero-order valence-electron chi connectivity index (χ0n) is 18.1. The fourth-order valence-electron chi connectivity index (χ4n) is 3.40. The zero-order chi connectivity index (χ0) is 23.6. The Kier molecular flexibility index (Phi) is 6.89. The number of amides is 1. The van der Waals surface area contributed by atoms with Crippen LogP contribution >= 0.6 is 22.9 Å². The summed E-state index contributed by atoms with van der Waals surface area (Å²) in [6.07, 6.45) is 2.65. The maximum Gasteiger partial charge on any atom is 0.267 e. The van der Waals surface area contributed by atoms with Crippen LogP contribution in [0.4, 0.5) is 22.2 Å².